The van der Waals surface area contributed by atoms with Crippen molar-refractivity contribution in [2.75, 3.05) is 11.9 Å². The number of anilines is 1. The number of rotatable bonds is 6. The Morgan fingerprint density at radius 2 is 2.12 bits per heavy atom. The lowest BCUT2D eigenvalue weighted by molar-refractivity contribution is 0.103. The number of aryl methyl sites for hydroxylation is 1. The third-order valence-electron chi connectivity index (χ3n) is 4.52. The zero-order valence-electron chi connectivity index (χ0n) is 13.6. The Morgan fingerprint density at radius 1 is 1.32 bits per heavy atom. The lowest BCUT2D eigenvalue weighted by Crippen LogP contribution is -2.34. The van der Waals surface area contributed by atoms with Gasteiger partial charge in [0.25, 0.3) is 5.91 Å². The first-order chi connectivity index (χ1) is 12.0. The van der Waals surface area contributed by atoms with Crippen molar-refractivity contribution < 1.29 is 14.7 Å². The Bertz CT molecular complexity index is 814. The number of carbonyl (C=O) groups is 2. The van der Waals surface area contributed by atoms with E-state index >= 15 is 0 Å². The van der Waals surface area contributed by atoms with E-state index in [-0.39, 0.29) is 17.9 Å². The molecule has 2 aliphatic carbocycles. The highest BCUT2D eigenvalue weighted by molar-refractivity contribution is 7.16. The molecule has 7 nitrogen and oxygen atoms in total. The number of hydrogen-bond acceptors (Lipinski definition) is 6. The van der Waals surface area contributed by atoms with Gasteiger partial charge in [0.05, 0.1) is 4.88 Å². The van der Waals surface area contributed by atoms with Gasteiger partial charge in [-0.3, -0.25) is 10.1 Å². The van der Waals surface area contributed by atoms with Gasteiger partial charge in [-0.2, -0.15) is 0 Å². The normalized spacial score (nSPS) is 21.8. The van der Waals surface area contributed by atoms with Crippen LogP contribution in [0.25, 0.3) is 0 Å². The maximum Gasteiger partial charge on any atom is 0.407 e. The van der Waals surface area contributed by atoms with E-state index in [0.29, 0.717) is 22.5 Å². The molecule has 2 aliphatic rings. The van der Waals surface area contributed by atoms with Gasteiger partial charge in [-0.15, -0.1) is 21.5 Å². The summed E-state index contributed by atoms with van der Waals surface area (Å²) in [5.74, 6) is 0.556. The van der Waals surface area contributed by atoms with Crippen LogP contribution in [0.15, 0.2) is 12.1 Å². The summed E-state index contributed by atoms with van der Waals surface area (Å²) in [7, 11) is 0. The van der Waals surface area contributed by atoms with Gasteiger partial charge in [-0.1, -0.05) is 11.3 Å². The fourth-order valence-corrected chi connectivity index (χ4v) is 4.61. The van der Waals surface area contributed by atoms with Crippen LogP contribution in [0.2, 0.25) is 0 Å². The first kappa shape index (κ1) is 16.5. The lowest BCUT2D eigenvalue weighted by atomic mass is 10.3. The summed E-state index contributed by atoms with van der Waals surface area (Å²) in [5, 5.41) is 21.2. The molecule has 2 fully saturated rings. The number of thiophene rings is 1. The van der Waals surface area contributed by atoms with Crippen LogP contribution in [-0.4, -0.2) is 44.8 Å². The Morgan fingerprint density at radius 3 is 2.76 bits per heavy atom. The van der Waals surface area contributed by atoms with Crippen LogP contribution in [0.1, 0.15) is 44.7 Å². The molecule has 25 heavy (non-hydrogen) atoms. The summed E-state index contributed by atoms with van der Waals surface area (Å²) in [5.41, 5.74) is 0. The van der Waals surface area contributed by atoms with Crippen molar-refractivity contribution in [1.29, 1.82) is 0 Å². The molecule has 2 aromatic heterocycles. The first-order valence-electron chi connectivity index (χ1n) is 8.22. The molecule has 2 saturated carbocycles. The molecule has 9 heteroatoms. The number of nitrogens with zero attached hydrogens (tertiary/aromatic N) is 3. The molecular weight excluding hydrogens is 360 g/mol. The first-order valence-corrected chi connectivity index (χ1v) is 9.85. The van der Waals surface area contributed by atoms with Crippen molar-refractivity contribution in [3.05, 3.63) is 26.9 Å². The molecule has 4 rings (SSSR count). The summed E-state index contributed by atoms with van der Waals surface area (Å²) < 4.78 is 0. The van der Waals surface area contributed by atoms with Gasteiger partial charge in [-0.05, 0) is 44.2 Å². The van der Waals surface area contributed by atoms with Gasteiger partial charge in [-0.25, -0.2) is 4.79 Å². The molecule has 0 spiro atoms. The third kappa shape index (κ3) is 3.67. The molecule has 0 aliphatic heterocycles. The van der Waals surface area contributed by atoms with Gasteiger partial charge in [0, 0.05) is 23.4 Å². The maximum atomic E-state index is 12.3. The second-order valence-corrected chi connectivity index (χ2v) is 8.87. The predicted molar refractivity (Wildman–Crippen MR) is 95.5 cm³/mol. The van der Waals surface area contributed by atoms with E-state index in [2.05, 4.69) is 15.5 Å². The molecule has 2 heterocycles. The topological polar surface area (TPSA) is 95.4 Å². The Balaban J connectivity index is 1.39. The van der Waals surface area contributed by atoms with Gasteiger partial charge < -0.3 is 10.0 Å². The monoisotopic (exact) mass is 378 g/mol. The molecule has 0 radical (unpaired) electrons. The van der Waals surface area contributed by atoms with Crippen LogP contribution >= 0.6 is 22.7 Å². The number of carbonyl (C=O) groups excluding carboxylic acids is 1. The summed E-state index contributed by atoms with van der Waals surface area (Å²) in [6.07, 6.45) is 2.28. The van der Waals surface area contributed by atoms with Gasteiger partial charge in [0.1, 0.15) is 5.01 Å². The number of amides is 2. The highest BCUT2D eigenvalue weighted by Gasteiger charge is 2.47. The van der Waals surface area contributed by atoms with Crippen LogP contribution in [0.4, 0.5) is 9.93 Å². The fourth-order valence-electron chi connectivity index (χ4n) is 2.95. The maximum absolute atomic E-state index is 12.3. The minimum Gasteiger partial charge on any atom is -0.465 e. The minimum absolute atomic E-state index is 0.0541. The van der Waals surface area contributed by atoms with E-state index in [1.807, 2.05) is 13.0 Å². The standard InChI is InChI=1S/C16H18N4O3S2/c1-8-18-19-15(24-8)17-14(21)13-5-4-12(25-13)10-6-11(10)20(16(22)23)7-9-2-3-9/h4-5,9-11H,2-3,6-7H2,1H3,(H,22,23)(H,17,19,21)/t10-,11-/m1/s1. The van der Waals surface area contributed by atoms with E-state index in [4.69, 9.17) is 0 Å². The molecule has 0 unspecified atom stereocenters. The molecule has 2 aromatic rings. The average Bonchev–Trinajstić information content (AvgIpc) is 3.45. The summed E-state index contributed by atoms with van der Waals surface area (Å²) >= 11 is 2.76. The third-order valence-corrected chi connectivity index (χ3v) is 6.49. The molecule has 2 N–H and O–H groups in total. The van der Waals surface area contributed by atoms with E-state index < -0.39 is 6.09 Å². The highest BCUT2D eigenvalue weighted by Crippen LogP contribution is 2.48. The largest absolute Gasteiger partial charge is 0.465 e. The van der Waals surface area contributed by atoms with Crippen LogP contribution in [0.3, 0.4) is 0 Å². The summed E-state index contributed by atoms with van der Waals surface area (Å²) in [6.45, 7) is 2.48. The quantitative estimate of drug-likeness (QED) is 0.803. The van der Waals surface area contributed by atoms with E-state index in [1.165, 1.54) is 22.7 Å². The van der Waals surface area contributed by atoms with Crippen molar-refractivity contribution in [2.45, 2.75) is 38.1 Å². The van der Waals surface area contributed by atoms with Crippen LogP contribution < -0.4 is 5.32 Å². The van der Waals surface area contributed by atoms with E-state index in [9.17, 15) is 14.7 Å². The smallest absolute Gasteiger partial charge is 0.407 e. The zero-order valence-corrected chi connectivity index (χ0v) is 15.3. The Hall–Kier alpha value is -2.00. The van der Waals surface area contributed by atoms with E-state index in [1.54, 1.807) is 11.0 Å². The minimum atomic E-state index is -0.833. The molecular formula is C16H18N4O3S2. The van der Waals surface area contributed by atoms with Gasteiger partial charge >= 0.3 is 6.09 Å². The highest BCUT2D eigenvalue weighted by atomic mass is 32.1. The zero-order chi connectivity index (χ0) is 17.6. The average molecular weight is 378 g/mol. The summed E-state index contributed by atoms with van der Waals surface area (Å²) in [4.78, 5) is 27.1. The Kier molecular flexibility index (Phi) is 4.20. The van der Waals surface area contributed by atoms with Crippen molar-refractivity contribution in [3.8, 4) is 0 Å². The summed E-state index contributed by atoms with van der Waals surface area (Å²) in [6, 6.07) is 3.79. The molecule has 132 valence electrons. The van der Waals surface area contributed by atoms with Crippen molar-refractivity contribution >= 4 is 39.8 Å². The second-order valence-electron chi connectivity index (χ2n) is 6.57. The van der Waals surface area contributed by atoms with Crippen LogP contribution in [0, 0.1) is 12.8 Å². The molecule has 0 aromatic carbocycles. The molecule has 0 bridgehead atoms. The Labute approximate surface area is 152 Å². The second kappa shape index (κ2) is 6.38. The fraction of sp³-hybridized carbons (Fsp3) is 0.500. The molecule has 2 atom stereocenters. The van der Waals surface area contributed by atoms with Crippen molar-refractivity contribution in [2.24, 2.45) is 5.92 Å². The van der Waals surface area contributed by atoms with Crippen LogP contribution in [-0.2, 0) is 0 Å². The van der Waals surface area contributed by atoms with E-state index in [0.717, 1.165) is 29.1 Å². The molecule has 2 amide bonds. The lowest BCUT2D eigenvalue weighted by Gasteiger charge is -2.18. The van der Waals surface area contributed by atoms with Gasteiger partial charge in [0.2, 0.25) is 5.13 Å². The van der Waals surface area contributed by atoms with Gasteiger partial charge in [0.15, 0.2) is 0 Å². The van der Waals surface area contributed by atoms with Crippen molar-refractivity contribution in [1.82, 2.24) is 15.1 Å². The number of hydrogen-bond donors (Lipinski definition) is 2. The van der Waals surface area contributed by atoms with Crippen LogP contribution in [0.5, 0.6) is 0 Å². The number of nitrogens with one attached hydrogen (secondary N) is 1. The SMILES string of the molecule is Cc1nnc(NC(=O)c2ccc([C@@H]3C[C@H]3N(CC3CC3)C(=O)O)s2)s1. The van der Waals surface area contributed by atoms with Crippen molar-refractivity contribution in [3.63, 3.8) is 0 Å². The number of carboxylic acid groups (broad SMARTS) is 1. The molecule has 0 saturated heterocycles. The number of aromatic nitrogens is 2. The predicted octanol–water partition coefficient (Wildman–Crippen LogP) is 3.41.